The summed E-state index contributed by atoms with van der Waals surface area (Å²) in [6, 6.07) is 7.33. The van der Waals surface area contributed by atoms with Gasteiger partial charge in [0.1, 0.15) is 5.75 Å². The largest absolute Gasteiger partial charge is 0.491 e. The predicted molar refractivity (Wildman–Crippen MR) is 80.5 cm³/mol. The number of nitrogens with one attached hydrogen (secondary N) is 1. The number of hydrogen-bond donors (Lipinski definition) is 2. The molecule has 4 nitrogen and oxygen atoms in total. The monoisotopic (exact) mass is 276 g/mol. The van der Waals surface area contributed by atoms with E-state index in [1.165, 1.54) is 19.3 Å². The van der Waals surface area contributed by atoms with Crippen LogP contribution in [0.3, 0.4) is 0 Å². The van der Waals surface area contributed by atoms with E-state index < -0.39 is 0 Å². The van der Waals surface area contributed by atoms with Gasteiger partial charge < -0.3 is 15.8 Å². The molecule has 0 saturated heterocycles. The summed E-state index contributed by atoms with van der Waals surface area (Å²) in [5.74, 6) is 2.16. The van der Waals surface area contributed by atoms with Crippen molar-refractivity contribution >= 4 is 11.6 Å². The van der Waals surface area contributed by atoms with Crippen LogP contribution in [0.15, 0.2) is 24.3 Å². The topological polar surface area (TPSA) is 64.3 Å². The third-order valence-electron chi connectivity index (χ3n) is 3.90. The number of nitrogens with two attached hydrogens (primary N) is 1. The SMILES string of the molecule is CC1CCC(CNC(=O)CCOc2ccccc2N)C1. The van der Waals surface area contributed by atoms with Gasteiger partial charge in [0.05, 0.1) is 18.7 Å². The van der Waals surface area contributed by atoms with Gasteiger partial charge in [0.2, 0.25) is 5.91 Å². The zero-order valence-electron chi connectivity index (χ0n) is 12.1. The van der Waals surface area contributed by atoms with Gasteiger partial charge in [-0.3, -0.25) is 4.79 Å². The van der Waals surface area contributed by atoms with Gasteiger partial charge in [-0.2, -0.15) is 0 Å². The number of amides is 1. The van der Waals surface area contributed by atoms with Crippen molar-refractivity contribution in [3.8, 4) is 5.75 Å². The van der Waals surface area contributed by atoms with E-state index in [1.807, 2.05) is 18.2 Å². The molecular weight excluding hydrogens is 252 g/mol. The number of rotatable bonds is 6. The van der Waals surface area contributed by atoms with Gasteiger partial charge in [-0.25, -0.2) is 0 Å². The van der Waals surface area contributed by atoms with Crippen LogP contribution >= 0.6 is 0 Å². The van der Waals surface area contributed by atoms with E-state index in [4.69, 9.17) is 10.5 Å². The molecule has 110 valence electrons. The Labute approximate surface area is 120 Å². The van der Waals surface area contributed by atoms with Gasteiger partial charge in [-0.15, -0.1) is 0 Å². The van der Waals surface area contributed by atoms with Crippen LogP contribution in [0.2, 0.25) is 0 Å². The van der Waals surface area contributed by atoms with Crippen LogP contribution in [0.25, 0.3) is 0 Å². The highest BCUT2D eigenvalue weighted by Gasteiger charge is 2.21. The second kappa shape index (κ2) is 7.17. The normalized spacial score (nSPS) is 21.6. The molecule has 0 aliphatic heterocycles. The molecule has 2 atom stereocenters. The highest BCUT2D eigenvalue weighted by Crippen LogP contribution is 2.29. The average molecular weight is 276 g/mol. The van der Waals surface area contributed by atoms with Gasteiger partial charge in [-0.1, -0.05) is 25.5 Å². The molecule has 1 fully saturated rings. The first-order valence-electron chi connectivity index (χ1n) is 7.39. The van der Waals surface area contributed by atoms with Gasteiger partial charge >= 0.3 is 0 Å². The Bertz CT molecular complexity index is 448. The van der Waals surface area contributed by atoms with Crippen molar-refractivity contribution in [2.75, 3.05) is 18.9 Å². The van der Waals surface area contributed by atoms with E-state index in [1.54, 1.807) is 6.07 Å². The third kappa shape index (κ3) is 4.44. The van der Waals surface area contributed by atoms with E-state index >= 15 is 0 Å². The summed E-state index contributed by atoms with van der Waals surface area (Å²) >= 11 is 0. The van der Waals surface area contributed by atoms with E-state index in [0.29, 0.717) is 30.4 Å². The summed E-state index contributed by atoms with van der Waals surface area (Å²) in [5.41, 5.74) is 6.37. The molecule has 0 heterocycles. The molecule has 0 spiro atoms. The Kier molecular flexibility index (Phi) is 5.27. The number of anilines is 1. The minimum atomic E-state index is 0.0547. The summed E-state index contributed by atoms with van der Waals surface area (Å²) in [4.78, 5) is 11.7. The quantitative estimate of drug-likeness (QED) is 0.785. The van der Waals surface area contributed by atoms with Crippen LogP contribution in [0.1, 0.15) is 32.6 Å². The van der Waals surface area contributed by atoms with Crippen LogP contribution in [-0.4, -0.2) is 19.1 Å². The minimum absolute atomic E-state index is 0.0547. The first-order valence-corrected chi connectivity index (χ1v) is 7.39. The van der Waals surface area contributed by atoms with E-state index in [-0.39, 0.29) is 5.91 Å². The molecule has 0 aromatic heterocycles. The van der Waals surface area contributed by atoms with Crippen LogP contribution in [0.5, 0.6) is 5.75 Å². The number of benzene rings is 1. The second-order valence-electron chi connectivity index (χ2n) is 5.72. The molecule has 0 bridgehead atoms. The number of hydrogen-bond acceptors (Lipinski definition) is 3. The van der Waals surface area contributed by atoms with Crippen molar-refractivity contribution in [3.63, 3.8) is 0 Å². The molecule has 20 heavy (non-hydrogen) atoms. The summed E-state index contributed by atoms with van der Waals surface area (Å²) in [6.45, 7) is 3.44. The standard InChI is InChI=1S/C16H24N2O2/c1-12-6-7-13(10-12)11-18-16(19)8-9-20-15-5-3-2-4-14(15)17/h2-5,12-13H,6-11,17H2,1H3,(H,18,19). The fourth-order valence-electron chi connectivity index (χ4n) is 2.72. The minimum Gasteiger partial charge on any atom is -0.491 e. The Morgan fingerprint density at radius 2 is 2.20 bits per heavy atom. The van der Waals surface area contributed by atoms with Crippen molar-refractivity contribution in [1.29, 1.82) is 0 Å². The molecule has 4 heteroatoms. The zero-order chi connectivity index (χ0) is 14.4. The van der Waals surface area contributed by atoms with Crippen molar-refractivity contribution < 1.29 is 9.53 Å². The molecule has 2 rings (SSSR count). The van der Waals surface area contributed by atoms with Crippen LogP contribution in [0.4, 0.5) is 5.69 Å². The summed E-state index contributed by atoms with van der Waals surface area (Å²) in [5, 5.41) is 3.00. The van der Waals surface area contributed by atoms with Gasteiger partial charge in [0.15, 0.2) is 0 Å². The fourth-order valence-corrected chi connectivity index (χ4v) is 2.72. The predicted octanol–water partition coefficient (Wildman–Crippen LogP) is 2.59. The lowest BCUT2D eigenvalue weighted by Crippen LogP contribution is -2.29. The molecule has 0 radical (unpaired) electrons. The maximum atomic E-state index is 11.7. The Hall–Kier alpha value is -1.71. The van der Waals surface area contributed by atoms with E-state index in [2.05, 4.69) is 12.2 Å². The van der Waals surface area contributed by atoms with Crippen LogP contribution < -0.4 is 15.8 Å². The smallest absolute Gasteiger partial charge is 0.223 e. The summed E-state index contributed by atoms with van der Waals surface area (Å²) in [6.07, 6.45) is 4.13. The molecule has 1 aromatic rings. The Morgan fingerprint density at radius 3 is 2.90 bits per heavy atom. The lowest BCUT2D eigenvalue weighted by atomic mass is 10.1. The maximum absolute atomic E-state index is 11.7. The fraction of sp³-hybridized carbons (Fsp3) is 0.562. The van der Waals surface area contributed by atoms with Gasteiger partial charge in [-0.05, 0) is 36.8 Å². The zero-order valence-corrected chi connectivity index (χ0v) is 12.1. The van der Waals surface area contributed by atoms with Crippen molar-refractivity contribution in [2.45, 2.75) is 32.6 Å². The number of carbonyl (C=O) groups is 1. The summed E-state index contributed by atoms with van der Waals surface area (Å²) < 4.78 is 5.51. The van der Waals surface area contributed by atoms with E-state index in [9.17, 15) is 4.79 Å². The molecule has 2 unspecified atom stereocenters. The number of carbonyl (C=O) groups excluding carboxylic acids is 1. The second-order valence-corrected chi connectivity index (χ2v) is 5.72. The third-order valence-corrected chi connectivity index (χ3v) is 3.90. The molecular formula is C16H24N2O2. The van der Waals surface area contributed by atoms with Gasteiger partial charge in [0.25, 0.3) is 0 Å². The van der Waals surface area contributed by atoms with Crippen LogP contribution in [-0.2, 0) is 4.79 Å². The van der Waals surface area contributed by atoms with Crippen molar-refractivity contribution in [3.05, 3.63) is 24.3 Å². The Balaban J connectivity index is 1.62. The average Bonchev–Trinajstić information content (AvgIpc) is 2.84. The lowest BCUT2D eigenvalue weighted by Gasteiger charge is -2.12. The highest BCUT2D eigenvalue weighted by atomic mass is 16.5. The number of para-hydroxylation sites is 2. The lowest BCUT2D eigenvalue weighted by molar-refractivity contribution is -0.121. The van der Waals surface area contributed by atoms with Gasteiger partial charge in [0, 0.05) is 6.54 Å². The number of nitrogen functional groups attached to an aromatic ring is 1. The molecule has 1 aromatic carbocycles. The molecule has 1 aliphatic carbocycles. The first-order chi connectivity index (χ1) is 9.65. The highest BCUT2D eigenvalue weighted by molar-refractivity contribution is 5.76. The first kappa shape index (κ1) is 14.7. The molecule has 1 amide bonds. The molecule has 1 aliphatic rings. The molecule has 3 N–H and O–H groups in total. The van der Waals surface area contributed by atoms with Crippen molar-refractivity contribution in [2.24, 2.45) is 11.8 Å². The summed E-state index contributed by atoms with van der Waals surface area (Å²) in [7, 11) is 0. The van der Waals surface area contributed by atoms with E-state index in [0.717, 1.165) is 12.5 Å². The Morgan fingerprint density at radius 1 is 1.40 bits per heavy atom. The van der Waals surface area contributed by atoms with Crippen molar-refractivity contribution in [1.82, 2.24) is 5.32 Å². The maximum Gasteiger partial charge on any atom is 0.223 e. The van der Waals surface area contributed by atoms with Crippen LogP contribution in [0, 0.1) is 11.8 Å². The number of ether oxygens (including phenoxy) is 1. The molecule has 1 saturated carbocycles.